The highest BCUT2D eigenvalue weighted by Crippen LogP contribution is 2.37. The second-order valence-electron chi connectivity index (χ2n) is 5.53. The third-order valence-electron chi connectivity index (χ3n) is 3.77. The van der Waals surface area contributed by atoms with Crippen molar-refractivity contribution in [2.75, 3.05) is 11.1 Å². The molecule has 2 aromatic rings. The maximum absolute atomic E-state index is 12.5. The molecule has 7 nitrogen and oxygen atoms in total. The summed E-state index contributed by atoms with van der Waals surface area (Å²) in [6.07, 6.45) is 1.01. The molecular formula is C16H17N3O4S. The molecule has 1 aromatic heterocycles. The van der Waals surface area contributed by atoms with E-state index in [1.165, 1.54) is 23.9 Å². The fraction of sp³-hybridized carbons (Fsp3) is 0.312. The summed E-state index contributed by atoms with van der Waals surface area (Å²) in [5.74, 6) is -0.250. The molecule has 0 saturated heterocycles. The number of benzene rings is 1. The summed E-state index contributed by atoms with van der Waals surface area (Å²) in [7, 11) is 0. The average molecular weight is 347 g/mol. The van der Waals surface area contributed by atoms with Gasteiger partial charge in [0.25, 0.3) is 5.56 Å². The van der Waals surface area contributed by atoms with Crippen LogP contribution in [0.4, 0.5) is 5.82 Å². The number of fused-ring (bicyclic) bond motifs is 1. The van der Waals surface area contributed by atoms with Crippen LogP contribution < -0.4 is 10.9 Å². The Hall–Kier alpha value is -2.48. The minimum atomic E-state index is -0.526. The van der Waals surface area contributed by atoms with Crippen LogP contribution in [0.1, 0.15) is 36.8 Å². The van der Waals surface area contributed by atoms with E-state index >= 15 is 0 Å². The first-order chi connectivity index (χ1) is 11.5. The van der Waals surface area contributed by atoms with Crippen molar-refractivity contribution in [1.82, 2.24) is 9.97 Å². The maximum Gasteiger partial charge on any atom is 0.257 e. The summed E-state index contributed by atoms with van der Waals surface area (Å²) in [5, 5.41) is 22.3. The number of rotatable bonds is 4. The summed E-state index contributed by atoms with van der Waals surface area (Å²) in [6, 6.07) is 4.28. The summed E-state index contributed by atoms with van der Waals surface area (Å²) in [6.45, 7) is 2.03. The molecule has 0 fully saturated rings. The van der Waals surface area contributed by atoms with E-state index in [9.17, 15) is 19.8 Å². The van der Waals surface area contributed by atoms with Crippen molar-refractivity contribution < 1.29 is 15.0 Å². The SMILES string of the molecule is CCCSc1nc2c(c(=O)[nH]1)[C@@H](c1ccc(O)c(O)c1)CC(=O)N2. The number of thioether (sulfide) groups is 1. The highest BCUT2D eigenvalue weighted by atomic mass is 32.2. The Kier molecular flexibility index (Phi) is 4.48. The number of aromatic amines is 1. The molecule has 4 N–H and O–H groups in total. The maximum atomic E-state index is 12.5. The number of hydrogen-bond acceptors (Lipinski definition) is 6. The van der Waals surface area contributed by atoms with Crippen LogP contribution in [0.25, 0.3) is 0 Å². The molecule has 1 atom stereocenters. The van der Waals surface area contributed by atoms with Crippen molar-refractivity contribution in [3.05, 3.63) is 39.7 Å². The van der Waals surface area contributed by atoms with Gasteiger partial charge in [0.1, 0.15) is 5.82 Å². The number of aromatic nitrogens is 2. The molecule has 1 aliphatic heterocycles. The molecule has 0 spiro atoms. The third-order valence-corrected chi connectivity index (χ3v) is 4.85. The van der Waals surface area contributed by atoms with Gasteiger partial charge in [-0.1, -0.05) is 24.8 Å². The minimum absolute atomic E-state index is 0.0728. The monoisotopic (exact) mass is 347 g/mol. The van der Waals surface area contributed by atoms with E-state index in [4.69, 9.17) is 0 Å². The van der Waals surface area contributed by atoms with Gasteiger partial charge < -0.3 is 20.5 Å². The lowest BCUT2D eigenvalue weighted by atomic mass is 9.86. The topological polar surface area (TPSA) is 115 Å². The van der Waals surface area contributed by atoms with E-state index in [2.05, 4.69) is 15.3 Å². The molecule has 126 valence electrons. The molecule has 1 aromatic carbocycles. The van der Waals surface area contributed by atoms with E-state index < -0.39 is 5.92 Å². The van der Waals surface area contributed by atoms with E-state index in [1.54, 1.807) is 6.07 Å². The van der Waals surface area contributed by atoms with Gasteiger partial charge in [0.05, 0.1) is 5.56 Å². The second kappa shape index (κ2) is 6.56. The van der Waals surface area contributed by atoms with Crippen molar-refractivity contribution >= 4 is 23.5 Å². The van der Waals surface area contributed by atoms with Crippen LogP contribution in [-0.4, -0.2) is 31.8 Å². The van der Waals surface area contributed by atoms with Crippen molar-refractivity contribution in [2.24, 2.45) is 0 Å². The molecule has 1 aliphatic rings. The first-order valence-electron chi connectivity index (χ1n) is 7.58. The lowest BCUT2D eigenvalue weighted by Crippen LogP contribution is -2.31. The molecule has 0 aliphatic carbocycles. The zero-order chi connectivity index (χ0) is 17.3. The Balaban J connectivity index is 2.07. The van der Waals surface area contributed by atoms with Crippen LogP contribution >= 0.6 is 11.8 Å². The Morgan fingerprint density at radius 3 is 2.79 bits per heavy atom. The van der Waals surface area contributed by atoms with Crippen LogP contribution in [0.2, 0.25) is 0 Å². The lowest BCUT2D eigenvalue weighted by molar-refractivity contribution is -0.116. The van der Waals surface area contributed by atoms with Crippen molar-refractivity contribution in [2.45, 2.75) is 30.8 Å². The molecule has 0 bridgehead atoms. The normalized spacial score (nSPS) is 16.5. The number of H-pyrrole nitrogens is 1. The molecule has 3 rings (SSSR count). The number of hydrogen-bond donors (Lipinski definition) is 4. The predicted molar refractivity (Wildman–Crippen MR) is 90.7 cm³/mol. The molecular weight excluding hydrogens is 330 g/mol. The van der Waals surface area contributed by atoms with E-state index in [0.29, 0.717) is 16.3 Å². The molecule has 2 heterocycles. The number of amides is 1. The standard InChI is InChI=1S/C16H17N3O4S/c1-2-5-24-16-18-14-13(15(23)19-16)9(7-12(22)17-14)8-3-4-10(20)11(21)6-8/h3-4,6,9,20-21H,2,5,7H2,1H3,(H2,17,18,19,22,23)/t9-/m1/s1. The van der Waals surface area contributed by atoms with Gasteiger partial charge in [0, 0.05) is 18.1 Å². The van der Waals surface area contributed by atoms with Gasteiger partial charge in [0.2, 0.25) is 5.91 Å². The fourth-order valence-corrected chi connectivity index (χ4v) is 3.38. The van der Waals surface area contributed by atoms with Crippen LogP contribution in [-0.2, 0) is 4.79 Å². The molecule has 0 unspecified atom stereocenters. The Labute approximate surface area is 142 Å². The lowest BCUT2D eigenvalue weighted by Gasteiger charge is -2.24. The summed E-state index contributed by atoms with van der Waals surface area (Å²) < 4.78 is 0. The number of carbonyl (C=O) groups is 1. The molecule has 0 saturated carbocycles. The Bertz CT molecular complexity index is 850. The number of phenols is 2. The molecule has 8 heteroatoms. The van der Waals surface area contributed by atoms with Crippen LogP contribution in [0.5, 0.6) is 11.5 Å². The zero-order valence-electron chi connectivity index (χ0n) is 13.0. The van der Waals surface area contributed by atoms with E-state index in [1.807, 2.05) is 6.92 Å². The van der Waals surface area contributed by atoms with Crippen LogP contribution in [0, 0.1) is 0 Å². The van der Waals surface area contributed by atoms with Crippen molar-refractivity contribution in [1.29, 1.82) is 0 Å². The molecule has 1 amide bonds. The molecule has 0 radical (unpaired) electrons. The van der Waals surface area contributed by atoms with Gasteiger partial charge in [-0.15, -0.1) is 0 Å². The predicted octanol–water partition coefficient (Wildman–Crippen LogP) is 2.16. The fourth-order valence-electron chi connectivity index (χ4n) is 2.66. The van der Waals surface area contributed by atoms with Crippen LogP contribution in [0.3, 0.4) is 0 Å². The number of anilines is 1. The highest BCUT2D eigenvalue weighted by Gasteiger charge is 2.31. The van der Waals surface area contributed by atoms with Crippen molar-refractivity contribution in [3.63, 3.8) is 0 Å². The van der Waals surface area contributed by atoms with Gasteiger partial charge in [-0.2, -0.15) is 0 Å². The van der Waals surface area contributed by atoms with Gasteiger partial charge in [-0.25, -0.2) is 4.98 Å². The number of phenolic OH excluding ortho intramolecular Hbond substituents is 2. The first-order valence-corrected chi connectivity index (χ1v) is 8.57. The highest BCUT2D eigenvalue weighted by molar-refractivity contribution is 7.99. The Morgan fingerprint density at radius 1 is 1.29 bits per heavy atom. The quantitative estimate of drug-likeness (QED) is 0.383. The third kappa shape index (κ3) is 3.09. The van der Waals surface area contributed by atoms with E-state index in [-0.39, 0.29) is 35.2 Å². The second-order valence-corrected chi connectivity index (χ2v) is 6.62. The van der Waals surface area contributed by atoms with Gasteiger partial charge in [-0.3, -0.25) is 9.59 Å². The van der Waals surface area contributed by atoms with Gasteiger partial charge >= 0.3 is 0 Å². The first kappa shape index (κ1) is 16.4. The zero-order valence-corrected chi connectivity index (χ0v) is 13.8. The number of nitrogens with one attached hydrogen (secondary N) is 2. The summed E-state index contributed by atoms with van der Waals surface area (Å²) in [5.41, 5.74) is 0.624. The summed E-state index contributed by atoms with van der Waals surface area (Å²) in [4.78, 5) is 31.6. The van der Waals surface area contributed by atoms with E-state index in [0.717, 1.165) is 12.2 Å². The molecule has 24 heavy (non-hydrogen) atoms. The summed E-state index contributed by atoms with van der Waals surface area (Å²) >= 11 is 1.42. The Morgan fingerprint density at radius 2 is 2.08 bits per heavy atom. The minimum Gasteiger partial charge on any atom is -0.504 e. The largest absolute Gasteiger partial charge is 0.504 e. The average Bonchev–Trinajstić information content (AvgIpc) is 2.54. The van der Waals surface area contributed by atoms with Crippen molar-refractivity contribution in [3.8, 4) is 11.5 Å². The number of nitrogens with zero attached hydrogens (tertiary/aromatic N) is 1. The smallest absolute Gasteiger partial charge is 0.257 e. The number of carbonyl (C=O) groups excluding carboxylic acids is 1. The van der Waals surface area contributed by atoms with Gasteiger partial charge in [0.15, 0.2) is 16.7 Å². The number of aromatic hydroxyl groups is 2. The van der Waals surface area contributed by atoms with Gasteiger partial charge in [-0.05, 0) is 24.1 Å². The van der Waals surface area contributed by atoms with Crippen LogP contribution in [0.15, 0.2) is 28.2 Å².